The van der Waals surface area contributed by atoms with E-state index in [-0.39, 0.29) is 42.6 Å². The van der Waals surface area contributed by atoms with Gasteiger partial charge >= 0.3 is 16.5 Å². The molecule has 3 aromatic rings. The Labute approximate surface area is 207 Å². The van der Waals surface area contributed by atoms with Gasteiger partial charge in [0.25, 0.3) is 0 Å². The van der Waals surface area contributed by atoms with Crippen LogP contribution in [-0.4, -0.2) is 57.6 Å². The topological polar surface area (TPSA) is 162 Å². The molecule has 3 aromatic heterocycles. The SMILES string of the molecule is NS(=O)(=O)OC[C@H]1C[C@@H](Nc2ncncc2C(=O)c2ccn(Cc3cnc(C(F)(F)F)s3)c2)C[C@@H]1O. The van der Waals surface area contributed by atoms with E-state index in [1.54, 1.807) is 10.8 Å². The van der Waals surface area contributed by atoms with Crippen LogP contribution >= 0.6 is 11.3 Å². The third kappa shape index (κ3) is 6.44. The van der Waals surface area contributed by atoms with Gasteiger partial charge < -0.3 is 15.0 Å². The molecule has 1 aliphatic carbocycles. The number of rotatable bonds is 9. The summed E-state index contributed by atoms with van der Waals surface area (Å²) in [5.74, 6) is -0.671. The van der Waals surface area contributed by atoms with Crippen molar-refractivity contribution in [3.8, 4) is 0 Å². The second kappa shape index (κ2) is 10.2. The summed E-state index contributed by atoms with van der Waals surface area (Å²) in [4.78, 5) is 25.0. The number of ketones is 1. The number of aliphatic hydroxyl groups excluding tert-OH is 1. The second-order valence-electron chi connectivity index (χ2n) is 8.23. The van der Waals surface area contributed by atoms with Crippen molar-refractivity contribution in [1.29, 1.82) is 0 Å². The van der Waals surface area contributed by atoms with Gasteiger partial charge in [0.05, 0.1) is 24.8 Å². The Morgan fingerprint density at radius 2 is 2.08 bits per heavy atom. The fourth-order valence-corrected chi connectivity index (χ4v) is 5.06. The van der Waals surface area contributed by atoms with Gasteiger partial charge in [0, 0.05) is 47.2 Å². The molecule has 0 saturated heterocycles. The standard InChI is InChI=1S/C20H21F3N6O5S2/c21-20(22,23)19-26-5-14(35-19)8-29-2-1-11(7-29)17(31)15-6-25-10-27-18(15)28-13-3-12(16(30)4-13)9-34-36(24,32)33/h1-2,5-7,10,12-13,16,30H,3-4,8-9H2,(H2,24,32,33)(H,25,27,28)/t12-,13-,16+/m1/s1. The number of carbonyl (C=O) groups is 1. The summed E-state index contributed by atoms with van der Waals surface area (Å²) >= 11 is 0.532. The van der Waals surface area contributed by atoms with Gasteiger partial charge in [-0.05, 0) is 18.9 Å². The van der Waals surface area contributed by atoms with Crippen LogP contribution in [0.1, 0.15) is 38.6 Å². The first kappa shape index (κ1) is 26.2. The highest BCUT2D eigenvalue weighted by Crippen LogP contribution is 2.33. The molecular formula is C20H21F3N6O5S2. The highest BCUT2D eigenvalue weighted by atomic mass is 32.2. The summed E-state index contributed by atoms with van der Waals surface area (Å²) in [7, 11) is -4.14. The maximum Gasteiger partial charge on any atom is 0.443 e. The average Bonchev–Trinajstić information content (AvgIpc) is 3.52. The number of halogens is 3. The first-order valence-corrected chi connectivity index (χ1v) is 12.8. The number of hydrogen-bond donors (Lipinski definition) is 3. The Morgan fingerprint density at radius 3 is 2.78 bits per heavy atom. The normalized spacial score (nSPS) is 20.5. The molecule has 0 radical (unpaired) electrons. The van der Waals surface area contributed by atoms with E-state index in [0.717, 1.165) is 6.20 Å². The van der Waals surface area contributed by atoms with E-state index >= 15 is 0 Å². The van der Waals surface area contributed by atoms with E-state index in [0.29, 0.717) is 22.6 Å². The lowest BCUT2D eigenvalue weighted by Crippen LogP contribution is -2.24. The molecule has 1 aliphatic rings. The van der Waals surface area contributed by atoms with Crippen molar-refractivity contribution in [1.82, 2.24) is 19.5 Å². The number of hydrogen-bond acceptors (Lipinski definition) is 10. The van der Waals surface area contributed by atoms with Crippen LogP contribution in [0.25, 0.3) is 0 Å². The first-order chi connectivity index (χ1) is 16.9. The molecule has 1 fully saturated rings. The Bertz CT molecular complexity index is 1340. The van der Waals surface area contributed by atoms with Gasteiger partial charge in [-0.1, -0.05) is 0 Å². The molecule has 194 valence electrons. The Morgan fingerprint density at radius 1 is 1.31 bits per heavy atom. The summed E-state index contributed by atoms with van der Waals surface area (Å²) in [6.07, 6.45) is 2.07. The van der Waals surface area contributed by atoms with Crippen LogP contribution < -0.4 is 10.5 Å². The molecule has 0 aromatic carbocycles. The molecule has 36 heavy (non-hydrogen) atoms. The average molecular weight is 547 g/mol. The van der Waals surface area contributed by atoms with Gasteiger partial charge in [0.1, 0.15) is 12.1 Å². The van der Waals surface area contributed by atoms with Gasteiger partial charge in [0.2, 0.25) is 0 Å². The van der Waals surface area contributed by atoms with Crippen molar-refractivity contribution >= 4 is 33.2 Å². The molecule has 4 rings (SSSR count). The van der Waals surface area contributed by atoms with Gasteiger partial charge in [-0.25, -0.2) is 20.1 Å². The van der Waals surface area contributed by atoms with E-state index in [9.17, 15) is 31.5 Å². The smallest absolute Gasteiger partial charge is 0.393 e. The summed E-state index contributed by atoms with van der Waals surface area (Å²) in [6.45, 7) is -0.162. The molecule has 0 unspecified atom stereocenters. The largest absolute Gasteiger partial charge is 0.443 e. The fraction of sp³-hybridized carbons (Fsp3) is 0.400. The fourth-order valence-electron chi connectivity index (χ4n) is 3.91. The van der Waals surface area contributed by atoms with Gasteiger partial charge in [-0.2, -0.15) is 21.6 Å². The molecule has 0 amide bonds. The number of aliphatic hydroxyl groups is 1. The number of aromatic nitrogens is 4. The van der Waals surface area contributed by atoms with Crippen LogP contribution in [-0.2, 0) is 27.2 Å². The monoisotopic (exact) mass is 546 g/mol. The van der Waals surface area contributed by atoms with E-state index in [1.165, 1.54) is 24.8 Å². The maximum atomic E-state index is 13.1. The van der Waals surface area contributed by atoms with Crippen LogP contribution in [0.2, 0.25) is 0 Å². The summed E-state index contributed by atoms with van der Waals surface area (Å²) in [5.41, 5.74) is 0.436. The molecule has 3 atom stereocenters. The zero-order valence-corrected chi connectivity index (χ0v) is 20.1. The van der Waals surface area contributed by atoms with Crippen molar-refractivity contribution in [2.75, 3.05) is 11.9 Å². The second-order valence-corrected chi connectivity index (χ2v) is 10.6. The van der Waals surface area contributed by atoms with E-state index in [2.05, 4.69) is 24.5 Å². The zero-order valence-electron chi connectivity index (χ0n) is 18.4. The molecule has 11 nitrogen and oxygen atoms in total. The molecule has 4 N–H and O–H groups in total. The number of carbonyl (C=O) groups excluding carboxylic acids is 1. The number of thiazole rings is 1. The number of nitrogens with one attached hydrogen (secondary N) is 1. The molecule has 0 spiro atoms. The summed E-state index contributed by atoms with van der Waals surface area (Å²) in [6, 6.07) is 1.21. The minimum Gasteiger partial charge on any atom is -0.393 e. The predicted molar refractivity (Wildman–Crippen MR) is 121 cm³/mol. The van der Waals surface area contributed by atoms with Gasteiger partial charge in [0.15, 0.2) is 10.8 Å². The molecule has 0 bridgehead atoms. The highest BCUT2D eigenvalue weighted by molar-refractivity contribution is 7.84. The first-order valence-electron chi connectivity index (χ1n) is 10.5. The minimum atomic E-state index is -4.51. The van der Waals surface area contributed by atoms with Crippen LogP contribution in [0.4, 0.5) is 19.0 Å². The number of anilines is 1. The van der Waals surface area contributed by atoms with Crippen molar-refractivity contribution < 1.29 is 35.7 Å². The lowest BCUT2D eigenvalue weighted by atomic mass is 10.1. The van der Waals surface area contributed by atoms with Gasteiger partial charge in [-0.15, -0.1) is 11.3 Å². The molecular weight excluding hydrogens is 525 g/mol. The van der Waals surface area contributed by atoms with Crippen LogP contribution in [0.5, 0.6) is 0 Å². The number of alkyl halides is 3. The zero-order chi connectivity index (χ0) is 26.1. The van der Waals surface area contributed by atoms with Crippen LogP contribution in [0, 0.1) is 5.92 Å². The maximum absolute atomic E-state index is 13.1. The molecule has 16 heteroatoms. The molecule has 1 saturated carbocycles. The third-order valence-electron chi connectivity index (χ3n) is 5.55. The van der Waals surface area contributed by atoms with E-state index in [4.69, 9.17) is 5.14 Å². The van der Waals surface area contributed by atoms with Gasteiger partial charge in [-0.3, -0.25) is 8.98 Å². The predicted octanol–water partition coefficient (Wildman–Crippen LogP) is 1.80. The minimum absolute atomic E-state index is 0.110. The van der Waals surface area contributed by atoms with Crippen LogP contribution in [0.3, 0.4) is 0 Å². The van der Waals surface area contributed by atoms with Crippen molar-refractivity contribution in [3.05, 3.63) is 58.2 Å². The Balaban J connectivity index is 1.43. The van der Waals surface area contributed by atoms with E-state index < -0.39 is 39.3 Å². The third-order valence-corrected chi connectivity index (χ3v) is 7.04. The highest BCUT2D eigenvalue weighted by Gasteiger charge is 2.35. The molecule has 0 aliphatic heterocycles. The van der Waals surface area contributed by atoms with Crippen LogP contribution in [0.15, 0.2) is 37.2 Å². The quantitative estimate of drug-likeness (QED) is 0.340. The number of nitrogens with two attached hydrogens (primary N) is 1. The van der Waals surface area contributed by atoms with Crippen molar-refractivity contribution in [2.45, 2.75) is 37.7 Å². The van der Waals surface area contributed by atoms with Crippen molar-refractivity contribution in [2.24, 2.45) is 11.1 Å². The lowest BCUT2D eigenvalue weighted by Gasteiger charge is -2.15. The van der Waals surface area contributed by atoms with E-state index in [1.807, 2.05) is 0 Å². The molecule has 3 heterocycles. The Kier molecular flexibility index (Phi) is 7.42. The number of nitrogens with zero attached hydrogens (tertiary/aromatic N) is 4. The summed E-state index contributed by atoms with van der Waals surface area (Å²) in [5, 5.41) is 17.2. The Hall–Kier alpha value is -2.92. The van der Waals surface area contributed by atoms with Crippen molar-refractivity contribution in [3.63, 3.8) is 0 Å². The summed E-state index contributed by atoms with van der Waals surface area (Å²) < 4.78 is 66.5. The lowest BCUT2D eigenvalue weighted by molar-refractivity contribution is -0.137.